The Kier molecular flexibility index (Phi) is 5.18. The van der Waals surface area contributed by atoms with Gasteiger partial charge in [0.25, 0.3) is 5.92 Å². The molecular formula is C19H19ClF2N6O. The van der Waals surface area contributed by atoms with Crippen molar-refractivity contribution in [3.63, 3.8) is 0 Å². The van der Waals surface area contributed by atoms with E-state index in [-0.39, 0.29) is 19.6 Å². The molecule has 1 aromatic carbocycles. The molecule has 10 heteroatoms. The Morgan fingerprint density at radius 3 is 3.07 bits per heavy atom. The van der Waals surface area contributed by atoms with Crippen LogP contribution in [0.25, 0.3) is 21.9 Å². The first-order valence-electron chi connectivity index (χ1n) is 9.09. The largest absolute Gasteiger partial charge is 0.382 e. The van der Waals surface area contributed by atoms with E-state index in [4.69, 9.17) is 21.9 Å². The SMILES string of the molecule is C/C(=C/NCc1nc2cnc3ccc(Cl)cc3c2n1C1CCOCC1(F)F)N=N. The number of ether oxygens (including phenoxy) is 1. The molecule has 0 aliphatic carbocycles. The van der Waals surface area contributed by atoms with Crippen LogP contribution in [0.5, 0.6) is 0 Å². The molecule has 1 aliphatic heterocycles. The molecule has 0 saturated carbocycles. The number of benzene rings is 1. The minimum Gasteiger partial charge on any atom is -0.382 e. The van der Waals surface area contributed by atoms with Crippen molar-refractivity contribution in [2.75, 3.05) is 13.2 Å². The second-order valence-corrected chi connectivity index (χ2v) is 7.38. The summed E-state index contributed by atoms with van der Waals surface area (Å²) in [6, 6.07) is 4.10. The summed E-state index contributed by atoms with van der Waals surface area (Å²) in [6.07, 6.45) is 3.29. The molecule has 152 valence electrons. The minimum absolute atomic E-state index is 0.159. The first kappa shape index (κ1) is 19.7. The van der Waals surface area contributed by atoms with Crippen LogP contribution in [0, 0.1) is 5.53 Å². The molecule has 0 spiro atoms. The van der Waals surface area contributed by atoms with Crippen molar-refractivity contribution in [2.45, 2.75) is 31.9 Å². The third kappa shape index (κ3) is 3.67. The number of imidazole rings is 1. The van der Waals surface area contributed by atoms with E-state index in [2.05, 4.69) is 20.4 Å². The molecule has 2 N–H and O–H groups in total. The molecule has 29 heavy (non-hydrogen) atoms. The third-order valence-electron chi connectivity index (χ3n) is 4.93. The topological polar surface area (TPSA) is 88.2 Å². The summed E-state index contributed by atoms with van der Waals surface area (Å²) in [5, 5.41) is 7.47. The highest BCUT2D eigenvalue weighted by molar-refractivity contribution is 6.31. The van der Waals surface area contributed by atoms with Crippen LogP contribution in [0.1, 0.15) is 25.2 Å². The van der Waals surface area contributed by atoms with Gasteiger partial charge in [-0.15, -0.1) is 0 Å². The highest BCUT2D eigenvalue weighted by Gasteiger charge is 2.45. The van der Waals surface area contributed by atoms with Crippen molar-refractivity contribution >= 4 is 33.5 Å². The normalized spacial score (nSPS) is 19.6. The van der Waals surface area contributed by atoms with Crippen molar-refractivity contribution in [3.8, 4) is 0 Å². The Balaban J connectivity index is 1.93. The first-order chi connectivity index (χ1) is 13.9. The molecule has 0 radical (unpaired) electrons. The standard InChI is InChI=1S/C19H19ClF2N6O/c1-11(27-23)7-24-9-17-26-15-8-25-14-3-2-12(20)6-13(14)18(15)28(17)16-4-5-29-10-19(16,21)22/h2-3,6-8,16,23-24H,4-5,9-10H2,1H3/b11-7-,27-23?. The summed E-state index contributed by atoms with van der Waals surface area (Å²) in [5.41, 5.74) is 9.22. The molecule has 3 aromatic rings. The van der Waals surface area contributed by atoms with Crippen molar-refractivity contribution in [1.82, 2.24) is 19.9 Å². The third-order valence-corrected chi connectivity index (χ3v) is 5.16. The molecule has 0 amide bonds. The fourth-order valence-electron chi connectivity index (χ4n) is 3.61. The first-order valence-corrected chi connectivity index (χ1v) is 9.47. The molecule has 1 unspecified atom stereocenters. The fraction of sp³-hybridized carbons (Fsp3) is 0.368. The zero-order valence-corrected chi connectivity index (χ0v) is 16.4. The summed E-state index contributed by atoms with van der Waals surface area (Å²) in [5.74, 6) is -2.60. The van der Waals surface area contributed by atoms with Crippen molar-refractivity contribution in [1.29, 1.82) is 5.53 Å². The van der Waals surface area contributed by atoms with Crippen LogP contribution in [-0.2, 0) is 11.3 Å². The quantitative estimate of drug-likeness (QED) is 0.579. The van der Waals surface area contributed by atoms with Crippen LogP contribution in [-0.4, -0.2) is 33.7 Å². The average Bonchev–Trinajstić information content (AvgIpc) is 3.06. The van der Waals surface area contributed by atoms with Crippen LogP contribution in [0.3, 0.4) is 0 Å². The van der Waals surface area contributed by atoms with Gasteiger partial charge in [-0.05, 0) is 31.5 Å². The van der Waals surface area contributed by atoms with E-state index >= 15 is 0 Å². The van der Waals surface area contributed by atoms with Gasteiger partial charge in [-0.1, -0.05) is 11.6 Å². The van der Waals surface area contributed by atoms with Gasteiger partial charge in [0.2, 0.25) is 0 Å². The van der Waals surface area contributed by atoms with Crippen molar-refractivity contribution in [2.24, 2.45) is 5.11 Å². The number of fused-ring (bicyclic) bond motifs is 3. The number of rotatable bonds is 5. The van der Waals surface area contributed by atoms with Crippen LogP contribution in [0.4, 0.5) is 8.78 Å². The van der Waals surface area contributed by atoms with Gasteiger partial charge in [-0.3, -0.25) is 4.98 Å². The lowest BCUT2D eigenvalue weighted by molar-refractivity contribution is -0.147. The smallest absolute Gasteiger partial charge is 0.291 e. The fourth-order valence-corrected chi connectivity index (χ4v) is 3.78. The molecule has 1 aliphatic rings. The lowest BCUT2D eigenvalue weighted by atomic mass is 10.0. The van der Waals surface area contributed by atoms with Gasteiger partial charge in [0.05, 0.1) is 29.5 Å². The Morgan fingerprint density at radius 2 is 2.31 bits per heavy atom. The summed E-state index contributed by atoms with van der Waals surface area (Å²) >= 11 is 6.18. The van der Waals surface area contributed by atoms with Gasteiger partial charge < -0.3 is 14.6 Å². The maximum Gasteiger partial charge on any atom is 0.291 e. The Bertz CT molecular complexity index is 1110. The molecule has 0 bridgehead atoms. The second kappa shape index (κ2) is 7.64. The summed E-state index contributed by atoms with van der Waals surface area (Å²) in [6.45, 7) is 1.46. The second-order valence-electron chi connectivity index (χ2n) is 6.95. The van der Waals surface area contributed by atoms with Crippen LogP contribution < -0.4 is 5.32 Å². The number of nitrogens with one attached hydrogen (secondary N) is 2. The van der Waals surface area contributed by atoms with Gasteiger partial charge in [-0.2, -0.15) is 5.11 Å². The molecule has 7 nitrogen and oxygen atoms in total. The van der Waals surface area contributed by atoms with E-state index < -0.39 is 18.6 Å². The number of nitrogens with zero attached hydrogens (tertiary/aromatic N) is 4. The van der Waals surface area contributed by atoms with Crippen molar-refractivity contribution in [3.05, 3.63) is 47.1 Å². The maximum absolute atomic E-state index is 14.8. The Morgan fingerprint density at radius 1 is 1.48 bits per heavy atom. The highest BCUT2D eigenvalue weighted by Crippen LogP contribution is 2.40. The molecular weight excluding hydrogens is 402 g/mol. The minimum atomic E-state index is -3.04. The highest BCUT2D eigenvalue weighted by atomic mass is 35.5. The maximum atomic E-state index is 14.8. The van der Waals surface area contributed by atoms with Gasteiger partial charge in [0.15, 0.2) is 0 Å². The predicted octanol–water partition coefficient (Wildman–Crippen LogP) is 4.82. The number of aromatic nitrogens is 3. The van der Waals surface area contributed by atoms with E-state index in [1.165, 1.54) is 0 Å². The summed E-state index contributed by atoms with van der Waals surface area (Å²) < 4.78 is 36.3. The summed E-state index contributed by atoms with van der Waals surface area (Å²) in [7, 11) is 0. The number of alkyl halides is 2. The van der Waals surface area contributed by atoms with Crippen LogP contribution >= 0.6 is 11.6 Å². The number of hydrogen-bond acceptors (Lipinski definition) is 6. The zero-order chi connectivity index (χ0) is 20.6. The molecule has 1 atom stereocenters. The molecule has 1 saturated heterocycles. The Labute approximate surface area is 170 Å². The van der Waals surface area contributed by atoms with Gasteiger partial charge >= 0.3 is 0 Å². The molecule has 4 rings (SSSR count). The van der Waals surface area contributed by atoms with Gasteiger partial charge in [0, 0.05) is 23.2 Å². The van der Waals surface area contributed by atoms with Crippen LogP contribution in [0.2, 0.25) is 5.02 Å². The Hall–Kier alpha value is -2.65. The average molecular weight is 421 g/mol. The lowest BCUT2D eigenvalue weighted by Crippen LogP contribution is -2.41. The summed E-state index contributed by atoms with van der Waals surface area (Å²) in [4.78, 5) is 8.96. The number of pyridine rings is 1. The zero-order valence-electron chi connectivity index (χ0n) is 15.6. The number of hydrogen-bond donors (Lipinski definition) is 2. The van der Waals surface area contributed by atoms with E-state index in [1.807, 2.05) is 0 Å². The van der Waals surface area contributed by atoms with Crippen LogP contribution in [0.15, 0.2) is 41.4 Å². The lowest BCUT2D eigenvalue weighted by Gasteiger charge is -2.33. The van der Waals surface area contributed by atoms with E-state index in [1.54, 1.807) is 42.1 Å². The number of halogens is 3. The molecule has 1 fully saturated rings. The van der Waals surface area contributed by atoms with E-state index in [0.29, 0.717) is 38.5 Å². The number of allylic oxidation sites excluding steroid dienone is 1. The molecule has 3 heterocycles. The van der Waals surface area contributed by atoms with Crippen molar-refractivity contribution < 1.29 is 13.5 Å². The monoisotopic (exact) mass is 420 g/mol. The van der Waals surface area contributed by atoms with Gasteiger partial charge in [-0.25, -0.2) is 19.3 Å². The predicted molar refractivity (Wildman–Crippen MR) is 105 cm³/mol. The molecule has 2 aromatic heterocycles. The van der Waals surface area contributed by atoms with E-state index in [9.17, 15) is 8.78 Å². The van der Waals surface area contributed by atoms with E-state index in [0.717, 1.165) is 0 Å². The van der Waals surface area contributed by atoms with Gasteiger partial charge in [0.1, 0.15) is 24.0 Å².